The number of aromatic nitrogens is 1. The summed E-state index contributed by atoms with van der Waals surface area (Å²) in [5, 5.41) is 4.87. The van der Waals surface area contributed by atoms with Crippen LogP contribution in [0.5, 0.6) is 0 Å². The Morgan fingerprint density at radius 3 is 2.08 bits per heavy atom. The number of carbonyl (C=O) groups excluding carboxylic acids is 2. The van der Waals surface area contributed by atoms with Crippen molar-refractivity contribution in [2.75, 3.05) is 16.4 Å². The molecule has 7 nitrogen and oxygen atoms in total. The summed E-state index contributed by atoms with van der Waals surface area (Å²) in [6, 6.07) is 10.6. The summed E-state index contributed by atoms with van der Waals surface area (Å²) in [5.74, 6) is -2.06. The van der Waals surface area contributed by atoms with E-state index in [9.17, 15) is 35.6 Å². The number of nitrogens with one attached hydrogen (secondary N) is 2. The molecule has 0 aliphatic carbocycles. The van der Waals surface area contributed by atoms with Crippen LogP contribution in [0.2, 0.25) is 0 Å². The molecule has 202 valence electrons. The van der Waals surface area contributed by atoms with E-state index in [-0.39, 0.29) is 39.7 Å². The normalized spacial score (nSPS) is 12.2. The predicted octanol–water partition coefficient (Wildman–Crippen LogP) is 5.13. The number of rotatable bonds is 8. The van der Waals surface area contributed by atoms with E-state index in [4.69, 9.17) is 0 Å². The molecule has 38 heavy (non-hydrogen) atoms. The second-order valence-corrected chi connectivity index (χ2v) is 11.2. The van der Waals surface area contributed by atoms with Crippen LogP contribution < -0.4 is 10.6 Å². The zero-order chi connectivity index (χ0) is 28.3. The molecular weight excluding hydrogens is 526 g/mol. The first-order valence-corrected chi connectivity index (χ1v) is 13.0. The first kappa shape index (κ1) is 28.8. The van der Waals surface area contributed by atoms with Gasteiger partial charge in [0.25, 0.3) is 0 Å². The quantitative estimate of drug-likeness (QED) is 0.378. The lowest BCUT2D eigenvalue weighted by atomic mass is 9.80. The molecule has 1 heterocycles. The molecule has 3 aromatic rings. The molecule has 0 radical (unpaired) electrons. The van der Waals surface area contributed by atoms with Crippen LogP contribution in [0.4, 0.5) is 28.9 Å². The van der Waals surface area contributed by atoms with Gasteiger partial charge in [-0.25, -0.2) is 12.8 Å². The Bertz CT molecular complexity index is 1440. The van der Waals surface area contributed by atoms with Crippen molar-refractivity contribution in [3.8, 4) is 0 Å². The fourth-order valence-corrected chi connectivity index (χ4v) is 4.40. The van der Waals surface area contributed by atoms with Crippen molar-refractivity contribution >= 4 is 33.0 Å². The van der Waals surface area contributed by atoms with Gasteiger partial charge in [-0.15, -0.1) is 0 Å². The lowest BCUT2D eigenvalue weighted by molar-refractivity contribution is -0.139. The fraction of sp³-hybridized carbons (Fsp3) is 0.269. The van der Waals surface area contributed by atoms with Gasteiger partial charge in [0.1, 0.15) is 5.82 Å². The third-order valence-corrected chi connectivity index (χ3v) is 7.55. The van der Waals surface area contributed by atoms with Gasteiger partial charge >= 0.3 is 6.18 Å². The highest BCUT2D eigenvalue weighted by atomic mass is 32.2. The molecule has 0 aliphatic heterocycles. The summed E-state index contributed by atoms with van der Waals surface area (Å²) in [7, 11) is -3.47. The molecule has 2 N–H and O–H groups in total. The van der Waals surface area contributed by atoms with E-state index in [0.717, 1.165) is 30.5 Å². The molecule has 0 saturated carbocycles. The van der Waals surface area contributed by atoms with Gasteiger partial charge < -0.3 is 10.6 Å². The zero-order valence-corrected chi connectivity index (χ0v) is 21.5. The number of pyridine rings is 1. The average Bonchev–Trinajstić information content (AvgIpc) is 2.85. The highest BCUT2D eigenvalue weighted by molar-refractivity contribution is 7.91. The van der Waals surface area contributed by atoms with Crippen LogP contribution in [-0.4, -0.2) is 31.0 Å². The summed E-state index contributed by atoms with van der Waals surface area (Å²) in [6.07, 6.45) is -4.02. The van der Waals surface area contributed by atoms with Crippen LogP contribution in [0.25, 0.3) is 0 Å². The molecule has 0 spiro atoms. The van der Waals surface area contributed by atoms with Crippen LogP contribution in [0.15, 0.2) is 65.7 Å². The number of amides is 2. The molecule has 2 amide bonds. The highest BCUT2D eigenvalue weighted by Gasteiger charge is 2.41. The summed E-state index contributed by atoms with van der Waals surface area (Å²) in [6.45, 7) is 4.13. The molecule has 12 heteroatoms. The van der Waals surface area contributed by atoms with Crippen LogP contribution in [0, 0.1) is 5.82 Å². The summed E-state index contributed by atoms with van der Waals surface area (Å²) in [5.41, 5.74) is -2.78. The topological polar surface area (TPSA) is 105 Å². The molecule has 0 aliphatic rings. The van der Waals surface area contributed by atoms with Gasteiger partial charge in [0.05, 0.1) is 28.0 Å². The third kappa shape index (κ3) is 6.74. The van der Waals surface area contributed by atoms with Crippen LogP contribution in [0.1, 0.15) is 37.6 Å². The van der Waals surface area contributed by atoms with Gasteiger partial charge in [0.2, 0.25) is 11.8 Å². The number of nitrogens with zero attached hydrogens (tertiary/aromatic N) is 1. The van der Waals surface area contributed by atoms with Crippen molar-refractivity contribution in [2.24, 2.45) is 0 Å². The molecule has 2 aromatic carbocycles. The number of hydrogen-bond acceptors (Lipinski definition) is 5. The summed E-state index contributed by atoms with van der Waals surface area (Å²) < 4.78 is 78.9. The molecule has 1 aromatic heterocycles. The van der Waals surface area contributed by atoms with E-state index in [1.54, 1.807) is 0 Å². The first-order valence-electron chi connectivity index (χ1n) is 11.4. The Hall–Kier alpha value is -3.80. The third-order valence-electron chi connectivity index (χ3n) is 5.83. The van der Waals surface area contributed by atoms with E-state index in [1.807, 2.05) is 0 Å². The zero-order valence-electron chi connectivity index (χ0n) is 20.7. The standard InChI is InChI=1S/C26H25F4N3O4S/c1-4-38(36,37)20-11-9-18(31-15-20)14-23(34)32-19-10-12-21(22(13-19)26(28,29)30)25(2,3)24(35)33-17-7-5-16(27)6-8-17/h5-13,15H,4,14H2,1-3H3,(H,32,34)(H,33,35). The summed E-state index contributed by atoms with van der Waals surface area (Å²) in [4.78, 5) is 29.3. The van der Waals surface area contributed by atoms with Crippen LogP contribution >= 0.6 is 0 Å². The molecule has 0 unspecified atom stereocenters. The number of alkyl halides is 3. The van der Waals surface area contributed by atoms with Crippen LogP contribution in [-0.2, 0) is 37.4 Å². The maximum absolute atomic E-state index is 14.0. The van der Waals surface area contributed by atoms with E-state index in [1.165, 1.54) is 51.1 Å². The van der Waals surface area contributed by atoms with Crippen molar-refractivity contribution in [1.82, 2.24) is 4.98 Å². The highest BCUT2D eigenvalue weighted by Crippen LogP contribution is 2.39. The fourth-order valence-electron chi connectivity index (χ4n) is 3.58. The Morgan fingerprint density at radius 2 is 1.53 bits per heavy atom. The van der Waals surface area contributed by atoms with Crippen molar-refractivity contribution in [2.45, 2.75) is 43.7 Å². The smallest absolute Gasteiger partial charge is 0.326 e. The minimum absolute atomic E-state index is 0.000598. The minimum atomic E-state index is -4.84. The van der Waals surface area contributed by atoms with Crippen molar-refractivity contribution in [3.05, 3.63) is 83.4 Å². The van der Waals surface area contributed by atoms with Crippen LogP contribution in [0.3, 0.4) is 0 Å². The molecular formula is C26H25F4N3O4S. The second-order valence-electron chi connectivity index (χ2n) is 8.96. The Morgan fingerprint density at radius 1 is 0.895 bits per heavy atom. The SMILES string of the molecule is CCS(=O)(=O)c1ccc(CC(=O)Nc2ccc(C(C)(C)C(=O)Nc3ccc(F)cc3)c(C(F)(F)F)c2)nc1. The number of halogens is 4. The van der Waals surface area contributed by atoms with Gasteiger partial charge in [-0.3, -0.25) is 14.6 Å². The van der Waals surface area contributed by atoms with Crippen molar-refractivity contribution in [1.29, 1.82) is 0 Å². The van der Waals surface area contributed by atoms with Gasteiger partial charge in [-0.05, 0) is 67.9 Å². The number of sulfone groups is 1. The van der Waals surface area contributed by atoms with Gasteiger partial charge in [0.15, 0.2) is 9.84 Å². The number of carbonyl (C=O) groups is 2. The monoisotopic (exact) mass is 551 g/mol. The lowest BCUT2D eigenvalue weighted by Crippen LogP contribution is -2.36. The van der Waals surface area contributed by atoms with Gasteiger partial charge in [-0.2, -0.15) is 13.2 Å². The Balaban J connectivity index is 1.81. The average molecular weight is 552 g/mol. The van der Waals surface area contributed by atoms with E-state index in [2.05, 4.69) is 15.6 Å². The largest absolute Gasteiger partial charge is 0.416 e. The number of benzene rings is 2. The maximum atomic E-state index is 14.0. The molecule has 3 rings (SSSR count). The molecule has 0 atom stereocenters. The lowest BCUT2D eigenvalue weighted by Gasteiger charge is -2.28. The van der Waals surface area contributed by atoms with E-state index >= 15 is 0 Å². The first-order chi connectivity index (χ1) is 17.6. The summed E-state index contributed by atoms with van der Waals surface area (Å²) >= 11 is 0. The minimum Gasteiger partial charge on any atom is -0.326 e. The van der Waals surface area contributed by atoms with Gasteiger partial charge in [-0.1, -0.05) is 13.0 Å². The Labute approximate surface area is 217 Å². The maximum Gasteiger partial charge on any atom is 0.416 e. The predicted molar refractivity (Wildman–Crippen MR) is 134 cm³/mol. The Kier molecular flexibility index (Phi) is 8.25. The number of anilines is 2. The number of hydrogen-bond donors (Lipinski definition) is 2. The molecule has 0 bridgehead atoms. The van der Waals surface area contributed by atoms with Gasteiger partial charge in [0, 0.05) is 23.3 Å². The van der Waals surface area contributed by atoms with Crippen molar-refractivity contribution in [3.63, 3.8) is 0 Å². The second kappa shape index (κ2) is 10.9. The van der Waals surface area contributed by atoms with E-state index in [0.29, 0.717) is 0 Å². The van der Waals surface area contributed by atoms with E-state index < -0.39 is 44.6 Å². The molecule has 0 saturated heterocycles. The van der Waals surface area contributed by atoms with Crippen molar-refractivity contribution < 1.29 is 35.6 Å². The molecule has 0 fully saturated rings.